The molecule has 0 aliphatic carbocycles. The molecule has 0 aliphatic heterocycles. The van der Waals surface area contributed by atoms with Crippen LogP contribution in [-0.2, 0) is 9.63 Å². The van der Waals surface area contributed by atoms with Crippen molar-refractivity contribution in [2.45, 2.75) is 26.7 Å². The minimum Gasteiger partial charge on any atom is -0.294 e. The molecule has 1 aromatic rings. The molecule has 17 heavy (non-hydrogen) atoms. The van der Waals surface area contributed by atoms with Crippen molar-refractivity contribution in [1.82, 2.24) is 5.48 Å². The van der Waals surface area contributed by atoms with Gasteiger partial charge in [0, 0.05) is 18.4 Å². The maximum absolute atomic E-state index is 11.7. The summed E-state index contributed by atoms with van der Waals surface area (Å²) in [5.41, 5.74) is 4.00. The van der Waals surface area contributed by atoms with Gasteiger partial charge in [0.15, 0.2) is 5.78 Å². The highest BCUT2D eigenvalue weighted by Gasteiger charge is 2.08. The molecule has 4 nitrogen and oxygen atoms in total. The molecule has 0 unspecified atom stereocenters. The summed E-state index contributed by atoms with van der Waals surface area (Å²) in [6.07, 6.45) is 0.342. The van der Waals surface area contributed by atoms with Gasteiger partial charge in [-0.1, -0.05) is 29.8 Å². The van der Waals surface area contributed by atoms with Crippen LogP contribution in [0.4, 0.5) is 0 Å². The van der Waals surface area contributed by atoms with Crippen molar-refractivity contribution < 1.29 is 14.4 Å². The number of carbonyl (C=O) groups is 2. The second kappa shape index (κ2) is 6.81. The number of hydrogen-bond donors (Lipinski definition) is 1. The third-order valence-corrected chi connectivity index (χ3v) is 2.28. The van der Waals surface area contributed by atoms with Gasteiger partial charge in [-0.25, -0.2) is 5.48 Å². The smallest absolute Gasteiger partial charge is 0.243 e. The van der Waals surface area contributed by atoms with Crippen molar-refractivity contribution in [1.29, 1.82) is 0 Å². The van der Waals surface area contributed by atoms with Gasteiger partial charge < -0.3 is 0 Å². The average Bonchev–Trinajstić information content (AvgIpc) is 2.34. The first-order valence-corrected chi connectivity index (χ1v) is 5.64. The molecule has 0 fully saturated rings. The lowest BCUT2D eigenvalue weighted by molar-refractivity contribution is -0.133. The lowest BCUT2D eigenvalue weighted by atomic mass is 10.1. The van der Waals surface area contributed by atoms with Crippen LogP contribution in [0.5, 0.6) is 0 Å². The first-order valence-electron chi connectivity index (χ1n) is 5.64. The van der Waals surface area contributed by atoms with Gasteiger partial charge in [0.05, 0.1) is 6.61 Å². The van der Waals surface area contributed by atoms with Crippen LogP contribution in [0.25, 0.3) is 0 Å². The molecular formula is C13H17NO3. The fourth-order valence-corrected chi connectivity index (χ4v) is 1.31. The van der Waals surface area contributed by atoms with E-state index >= 15 is 0 Å². The van der Waals surface area contributed by atoms with Gasteiger partial charge in [0.25, 0.3) is 0 Å². The number of carbonyl (C=O) groups excluding carboxylic acids is 2. The monoisotopic (exact) mass is 235 g/mol. The summed E-state index contributed by atoms with van der Waals surface area (Å²) in [4.78, 5) is 27.7. The van der Waals surface area contributed by atoms with Gasteiger partial charge in [0.2, 0.25) is 5.91 Å². The molecule has 92 valence electrons. The summed E-state index contributed by atoms with van der Waals surface area (Å²) in [5, 5.41) is 0. The molecule has 0 atom stereocenters. The minimum atomic E-state index is -0.271. The molecule has 1 rings (SSSR count). The molecule has 4 heteroatoms. The number of nitrogens with one attached hydrogen (secondary N) is 1. The molecule has 0 spiro atoms. The van der Waals surface area contributed by atoms with Crippen molar-refractivity contribution in [2.24, 2.45) is 0 Å². The highest BCUT2D eigenvalue weighted by molar-refractivity contribution is 5.97. The topological polar surface area (TPSA) is 55.4 Å². The molecule has 1 amide bonds. The first kappa shape index (κ1) is 13.4. The minimum absolute atomic E-state index is 0.0309. The Morgan fingerprint density at radius 3 is 2.41 bits per heavy atom. The zero-order chi connectivity index (χ0) is 12.7. The number of Topliss-reactive ketones (excluding diaryl/α,β-unsaturated/α-hetero) is 1. The fraction of sp³-hybridized carbons (Fsp3) is 0.385. The Balaban J connectivity index is 2.39. The van der Waals surface area contributed by atoms with Gasteiger partial charge in [-0.3, -0.25) is 14.4 Å². The van der Waals surface area contributed by atoms with Crippen LogP contribution in [0.2, 0.25) is 0 Å². The molecule has 1 aromatic carbocycles. The van der Waals surface area contributed by atoms with E-state index in [0.29, 0.717) is 12.2 Å². The van der Waals surface area contributed by atoms with Crippen LogP contribution in [0.15, 0.2) is 24.3 Å². The van der Waals surface area contributed by atoms with Crippen molar-refractivity contribution in [3.8, 4) is 0 Å². The highest BCUT2D eigenvalue weighted by atomic mass is 16.6. The van der Waals surface area contributed by atoms with Crippen molar-refractivity contribution in [2.75, 3.05) is 6.61 Å². The third-order valence-electron chi connectivity index (χ3n) is 2.28. The quantitative estimate of drug-likeness (QED) is 0.606. The number of ketones is 1. The Morgan fingerprint density at radius 1 is 1.18 bits per heavy atom. The van der Waals surface area contributed by atoms with E-state index in [1.54, 1.807) is 19.1 Å². The Kier molecular flexibility index (Phi) is 5.36. The van der Waals surface area contributed by atoms with E-state index in [-0.39, 0.29) is 24.5 Å². The van der Waals surface area contributed by atoms with Crippen LogP contribution in [0.3, 0.4) is 0 Å². The highest BCUT2D eigenvalue weighted by Crippen LogP contribution is 2.07. The molecule has 0 saturated carbocycles. The van der Waals surface area contributed by atoms with Crippen molar-refractivity contribution in [3.05, 3.63) is 35.4 Å². The summed E-state index contributed by atoms with van der Waals surface area (Å²) in [7, 11) is 0. The maximum Gasteiger partial charge on any atom is 0.243 e. The zero-order valence-electron chi connectivity index (χ0n) is 10.2. The van der Waals surface area contributed by atoms with E-state index in [2.05, 4.69) is 5.48 Å². The Morgan fingerprint density at radius 2 is 1.82 bits per heavy atom. The Bertz CT molecular complexity index is 384. The van der Waals surface area contributed by atoms with E-state index < -0.39 is 0 Å². The second-order valence-electron chi connectivity index (χ2n) is 3.75. The summed E-state index contributed by atoms with van der Waals surface area (Å²) < 4.78 is 0. The van der Waals surface area contributed by atoms with E-state index in [1.807, 2.05) is 19.1 Å². The Hall–Kier alpha value is -1.68. The van der Waals surface area contributed by atoms with Crippen LogP contribution in [-0.4, -0.2) is 18.3 Å². The molecule has 0 heterocycles. The van der Waals surface area contributed by atoms with Crippen LogP contribution < -0.4 is 5.48 Å². The molecule has 0 aromatic heterocycles. The van der Waals surface area contributed by atoms with Crippen LogP contribution in [0.1, 0.15) is 35.7 Å². The van der Waals surface area contributed by atoms with Gasteiger partial charge >= 0.3 is 0 Å². The molecule has 0 aliphatic rings. The summed E-state index contributed by atoms with van der Waals surface area (Å²) >= 11 is 0. The predicted molar refractivity (Wildman–Crippen MR) is 64.5 cm³/mol. The standard InChI is InChI=1S/C13H17NO3/c1-3-17-14-13(16)9-8-12(15)11-6-4-10(2)5-7-11/h4-7H,3,8-9H2,1-2H3,(H,14,16). The van der Waals surface area contributed by atoms with Gasteiger partial charge in [0.1, 0.15) is 0 Å². The summed E-state index contributed by atoms with van der Waals surface area (Å²) in [6, 6.07) is 7.32. The van der Waals surface area contributed by atoms with Crippen molar-refractivity contribution in [3.63, 3.8) is 0 Å². The van der Waals surface area contributed by atoms with Crippen molar-refractivity contribution >= 4 is 11.7 Å². The number of hydroxylamine groups is 1. The van der Waals surface area contributed by atoms with Crippen LogP contribution in [0, 0.1) is 6.92 Å². The lowest BCUT2D eigenvalue weighted by Crippen LogP contribution is -2.23. The number of rotatable bonds is 6. The third kappa shape index (κ3) is 4.78. The van der Waals surface area contributed by atoms with Gasteiger partial charge in [-0.15, -0.1) is 0 Å². The van der Waals surface area contributed by atoms with E-state index in [0.717, 1.165) is 5.56 Å². The van der Waals surface area contributed by atoms with Crippen LogP contribution >= 0.6 is 0 Å². The SMILES string of the molecule is CCONC(=O)CCC(=O)c1ccc(C)cc1. The lowest BCUT2D eigenvalue weighted by Gasteiger charge is -2.03. The van der Waals surface area contributed by atoms with E-state index in [9.17, 15) is 9.59 Å². The number of hydrogen-bond acceptors (Lipinski definition) is 3. The fourth-order valence-electron chi connectivity index (χ4n) is 1.31. The first-order chi connectivity index (χ1) is 8.13. The number of aryl methyl sites for hydroxylation is 1. The zero-order valence-corrected chi connectivity index (χ0v) is 10.2. The maximum atomic E-state index is 11.7. The molecule has 0 saturated heterocycles. The molecular weight excluding hydrogens is 218 g/mol. The number of benzene rings is 1. The molecule has 1 N–H and O–H groups in total. The van der Waals surface area contributed by atoms with E-state index in [1.165, 1.54) is 0 Å². The molecule has 0 bridgehead atoms. The average molecular weight is 235 g/mol. The second-order valence-corrected chi connectivity index (χ2v) is 3.75. The normalized spacial score (nSPS) is 10.0. The largest absolute Gasteiger partial charge is 0.294 e. The van der Waals surface area contributed by atoms with Gasteiger partial charge in [-0.2, -0.15) is 0 Å². The number of amides is 1. The van der Waals surface area contributed by atoms with E-state index in [4.69, 9.17) is 4.84 Å². The predicted octanol–water partition coefficient (Wildman–Crippen LogP) is 2.03. The molecule has 0 radical (unpaired) electrons. The summed E-state index contributed by atoms with van der Waals surface area (Å²) in [6.45, 7) is 4.15. The summed E-state index contributed by atoms with van der Waals surface area (Å²) in [5.74, 6) is -0.302. The van der Waals surface area contributed by atoms with Gasteiger partial charge in [-0.05, 0) is 13.8 Å². The Labute approximate surface area is 101 Å².